The molecule has 0 unspecified atom stereocenters. The van der Waals surface area contributed by atoms with Gasteiger partial charge in [-0.15, -0.1) is 0 Å². The van der Waals surface area contributed by atoms with Crippen LogP contribution in [-0.4, -0.2) is 23.9 Å². The number of carbonyl (C=O) groups is 3. The van der Waals surface area contributed by atoms with Crippen LogP contribution in [-0.2, 0) is 9.53 Å². The largest absolute Gasteiger partial charge is 0.459 e. The first-order valence-corrected chi connectivity index (χ1v) is 6.43. The van der Waals surface area contributed by atoms with Gasteiger partial charge in [0.05, 0.1) is 17.5 Å². The molecule has 1 aromatic heterocycles. The van der Waals surface area contributed by atoms with Crippen LogP contribution in [0.4, 0.5) is 5.69 Å². The van der Waals surface area contributed by atoms with Crippen molar-refractivity contribution in [3.8, 4) is 0 Å². The number of ether oxygens (including phenoxy) is 1. The summed E-state index contributed by atoms with van der Waals surface area (Å²) in [4.78, 5) is 34.9. The van der Waals surface area contributed by atoms with Crippen LogP contribution in [0.15, 0.2) is 47.1 Å². The zero-order chi connectivity index (χ0) is 16.1. The van der Waals surface area contributed by atoms with E-state index in [4.69, 9.17) is 14.9 Å². The molecule has 2 aromatic rings. The standard InChI is InChI=1S/C15H14N2O5/c1-9(13(16)18)22-15(20)10-5-2-3-6-11(10)17-14(19)12-7-4-8-21-12/h2-9H,1H3,(H2,16,18)(H,17,19)/t9-/m0/s1. The highest BCUT2D eigenvalue weighted by Gasteiger charge is 2.20. The Morgan fingerprint density at radius 1 is 1.18 bits per heavy atom. The lowest BCUT2D eigenvalue weighted by atomic mass is 10.1. The van der Waals surface area contributed by atoms with Gasteiger partial charge < -0.3 is 20.2 Å². The number of benzene rings is 1. The van der Waals surface area contributed by atoms with Crippen molar-refractivity contribution in [3.05, 3.63) is 54.0 Å². The predicted octanol–water partition coefficient (Wildman–Crippen LogP) is 1.56. The molecule has 7 heteroatoms. The fourth-order valence-electron chi connectivity index (χ4n) is 1.64. The van der Waals surface area contributed by atoms with Gasteiger partial charge in [0.1, 0.15) is 0 Å². The fraction of sp³-hybridized carbons (Fsp3) is 0.133. The van der Waals surface area contributed by atoms with E-state index in [2.05, 4.69) is 5.32 Å². The summed E-state index contributed by atoms with van der Waals surface area (Å²) in [5.41, 5.74) is 5.40. The lowest BCUT2D eigenvalue weighted by Gasteiger charge is -2.12. The van der Waals surface area contributed by atoms with Crippen molar-refractivity contribution in [2.24, 2.45) is 5.73 Å². The number of hydrogen-bond donors (Lipinski definition) is 2. The first kappa shape index (κ1) is 15.3. The molecule has 114 valence electrons. The van der Waals surface area contributed by atoms with Crippen LogP contribution in [0.5, 0.6) is 0 Å². The second kappa shape index (κ2) is 6.57. The van der Waals surface area contributed by atoms with Crippen LogP contribution >= 0.6 is 0 Å². The first-order chi connectivity index (χ1) is 10.5. The number of primary amides is 1. The Kier molecular flexibility index (Phi) is 4.57. The van der Waals surface area contributed by atoms with E-state index in [1.54, 1.807) is 18.2 Å². The Hall–Kier alpha value is -3.09. The number of esters is 1. The quantitative estimate of drug-likeness (QED) is 0.814. The van der Waals surface area contributed by atoms with Crippen molar-refractivity contribution in [2.45, 2.75) is 13.0 Å². The number of nitrogens with two attached hydrogens (primary N) is 1. The minimum absolute atomic E-state index is 0.105. The number of nitrogens with one attached hydrogen (secondary N) is 1. The molecule has 0 spiro atoms. The van der Waals surface area contributed by atoms with E-state index in [1.165, 1.54) is 31.4 Å². The van der Waals surface area contributed by atoms with Gasteiger partial charge in [-0.1, -0.05) is 12.1 Å². The third-order valence-electron chi connectivity index (χ3n) is 2.82. The van der Waals surface area contributed by atoms with Gasteiger partial charge in [-0.3, -0.25) is 9.59 Å². The molecule has 1 heterocycles. The van der Waals surface area contributed by atoms with E-state index in [-0.39, 0.29) is 17.0 Å². The van der Waals surface area contributed by atoms with Gasteiger partial charge in [-0.25, -0.2) is 4.79 Å². The van der Waals surface area contributed by atoms with E-state index in [9.17, 15) is 14.4 Å². The van der Waals surface area contributed by atoms with Gasteiger partial charge in [-0.05, 0) is 31.2 Å². The lowest BCUT2D eigenvalue weighted by Crippen LogP contribution is -2.30. The molecule has 1 aromatic carbocycles. The average molecular weight is 302 g/mol. The van der Waals surface area contributed by atoms with Crippen LogP contribution in [0.2, 0.25) is 0 Å². The summed E-state index contributed by atoms with van der Waals surface area (Å²) in [6.07, 6.45) is 0.296. The highest BCUT2D eigenvalue weighted by Crippen LogP contribution is 2.18. The molecule has 0 aliphatic rings. The summed E-state index contributed by atoms with van der Waals surface area (Å²) >= 11 is 0. The minimum Gasteiger partial charge on any atom is -0.459 e. The summed E-state index contributed by atoms with van der Waals surface area (Å²) < 4.78 is 9.90. The van der Waals surface area contributed by atoms with Crippen LogP contribution in [0, 0.1) is 0 Å². The molecular formula is C15H14N2O5. The van der Waals surface area contributed by atoms with Crippen LogP contribution in [0.3, 0.4) is 0 Å². The topological polar surface area (TPSA) is 112 Å². The van der Waals surface area contributed by atoms with E-state index in [1.807, 2.05) is 0 Å². The van der Waals surface area contributed by atoms with Crippen molar-refractivity contribution in [1.82, 2.24) is 0 Å². The summed E-state index contributed by atoms with van der Waals surface area (Å²) in [6, 6.07) is 9.31. The number of anilines is 1. The number of rotatable bonds is 5. The molecule has 2 amide bonds. The predicted molar refractivity (Wildman–Crippen MR) is 77.2 cm³/mol. The minimum atomic E-state index is -1.07. The number of furan rings is 1. The number of para-hydroxylation sites is 1. The maximum atomic E-state index is 12.0. The van der Waals surface area contributed by atoms with Crippen molar-refractivity contribution >= 4 is 23.5 Å². The highest BCUT2D eigenvalue weighted by atomic mass is 16.5. The Bertz CT molecular complexity index is 694. The lowest BCUT2D eigenvalue weighted by molar-refractivity contribution is -0.125. The molecule has 0 saturated heterocycles. The van der Waals surface area contributed by atoms with Gasteiger partial charge in [-0.2, -0.15) is 0 Å². The molecule has 1 atom stereocenters. The third-order valence-corrected chi connectivity index (χ3v) is 2.82. The third kappa shape index (κ3) is 3.51. The molecule has 0 fully saturated rings. The monoisotopic (exact) mass is 302 g/mol. The van der Waals surface area contributed by atoms with Gasteiger partial charge >= 0.3 is 5.97 Å². The first-order valence-electron chi connectivity index (χ1n) is 6.43. The Labute approximate surface area is 126 Å². The molecule has 22 heavy (non-hydrogen) atoms. The van der Waals surface area contributed by atoms with Crippen molar-refractivity contribution in [2.75, 3.05) is 5.32 Å². The molecule has 7 nitrogen and oxygen atoms in total. The van der Waals surface area contributed by atoms with Crippen LogP contribution in [0.1, 0.15) is 27.8 Å². The number of amides is 2. The molecule has 0 radical (unpaired) electrons. The second-order valence-corrected chi connectivity index (χ2v) is 4.43. The molecule has 2 rings (SSSR count). The second-order valence-electron chi connectivity index (χ2n) is 4.43. The van der Waals surface area contributed by atoms with Crippen molar-refractivity contribution in [3.63, 3.8) is 0 Å². The van der Waals surface area contributed by atoms with E-state index in [0.717, 1.165) is 0 Å². The van der Waals surface area contributed by atoms with E-state index >= 15 is 0 Å². The molecule has 0 saturated carbocycles. The summed E-state index contributed by atoms with van der Waals surface area (Å²) in [5, 5.41) is 2.55. The Morgan fingerprint density at radius 2 is 1.91 bits per heavy atom. The van der Waals surface area contributed by atoms with Gasteiger partial charge in [0, 0.05) is 0 Å². The molecular weight excluding hydrogens is 288 g/mol. The van der Waals surface area contributed by atoms with Crippen molar-refractivity contribution in [1.29, 1.82) is 0 Å². The number of carbonyl (C=O) groups excluding carboxylic acids is 3. The zero-order valence-electron chi connectivity index (χ0n) is 11.7. The molecule has 3 N–H and O–H groups in total. The van der Waals surface area contributed by atoms with E-state index < -0.39 is 23.9 Å². The van der Waals surface area contributed by atoms with Crippen LogP contribution < -0.4 is 11.1 Å². The maximum absolute atomic E-state index is 12.0. The van der Waals surface area contributed by atoms with Gasteiger partial charge in [0.25, 0.3) is 11.8 Å². The Balaban J connectivity index is 2.18. The van der Waals surface area contributed by atoms with Gasteiger partial charge in [0.2, 0.25) is 0 Å². The normalized spacial score (nSPS) is 11.5. The van der Waals surface area contributed by atoms with Crippen molar-refractivity contribution < 1.29 is 23.5 Å². The molecule has 0 aliphatic heterocycles. The smallest absolute Gasteiger partial charge is 0.341 e. The SMILES string of the molecule is C[C@H](OC(=O)c1ccccc1NC(=O)c1ccco1)C(N)=O. The molecule has 0 aliphatic carbocycles. The summed E-state index contributed by atoms with van der Waals surface area (Å²) in [5.74, 6) is -1.92. The van der Waals surface area contributed by atoms with Gasteiger partial charge in [0.15, 0.2) is 11.9 Å². The summed E-state index contributed by atoms with van der Waals surface area (Å²) in [7, 11) is 0. The van der Waals surface area contributed by atoms with E-state index in [0.29, 0.717) is 0 Å². The zero-order valence-corrected chi connectivity index (χ0v) is 11.7. The fourth-order valence-corrected chi connectivity index (χ4v) is 1.64. The maximum Gasteiger partial charge on any atom is 0.341 e. The van der Waals surface area contributed by atoms with Crippen LogP contribution in [0.25, 0.3) is 0 Å². The average Bonchev–Trinajstić information content (AvgIpc) is 3.01. The molecule has 0 bridgehead atoms. The summed E-state index contributed by atoms with van der Waals surface area (Å²) in [6.45, 7) is 1.37. The highest BCUT2D eigenvalue weighted by molar-refractivity contribution is 6.06. The number of hydrogen-bond acceptors (Lipinski definition) is 5. The Morgan fingerprint density at radius 3 is 2.55 bits per heavy atom.